The van der Waals surface area contributed by atoms with E-state index in [1.807, 2.05) is 72.8 Å². The Morgan fingerprint density at radius 2 is 1.09 bits per heavy atom. The number of aliphatic carboxylic acids is 2. The molecule has 0 spiro atoms. The molecule has 5 aromatic rings. The van der Waals surface area contributed by atoms with E-state index >= 15 is 0 Å². The van der Waals surface area contributed by atoms with Crippen LogP contribution in [0.3, 0.4) is 0 Å². The molecule has 8 bridgehead atoms. The number of aliphatic hydroxyl groups excluding tert-OH is 1. The SMILES string of the molecule is O=C(O)CCN1Cc2ccccc2B2O[C@H]3O[C@@H](C(O)[C@H]3O2)[C@H]2COB(O2)c2ccccc2CN(CCC(=O)O)Cc2c3ccccc3c(c3ccccc23)C1. The third-order valence-corrected chi connectivity index (χ3v) is 11.5. The molecule has 12 nitrogen and oxygen atoms in total. The van der Waals surface area contributed by atoms with Crippen molar-refractivity contribution in [1.82, 2.24) is 9.80 Å². The van der Waals surface area contributed by atoms with Gasteiger partial charge in [-0.2, -0.15) is 0 Å². The molecule has 0 radical (unpaired) electrons. The number of carboxylic acid groups (broad SMARTS) is 2. The van der Waals surface area contributed by atoms with E-state index in [2.05, 4.69) is 34.1 Å². The molecule has 12 rings (SSSR count). The summed E-state index contributed by atoms with van der Waals surface area (Å²) in [4.78, 5) is 28.3. The molecular weight excluding hydrogens is 714 g/mol. The highest BCUT2D eigenvalue weighted by Crippen LogP contribution is 2.37. The molecule has 0 aromatic heterocycles. The van der Waals surface area contributed by atoms with E-state index < -0.39 is 56.9 Å². The minimum atomic E-state index is -1.04. The fourth-order valence-electron chi connectivity index (χ4n) is 8.75. The van der Waals surface area contributed by atoms with Crippen molar-refractivity contribution in [3.63, 3.8) is 0 Å². The molecule has 0 amide bonds. The van der Waals surface area contributed by atoms with Crippen molar-refractivity contribution >= 4 is 58.6 Å². The van der Waals surface area contributed by atoms with Gasteiger partial charge in [0.25, 0.3) is 0 Å². The summed E-state index contributed by atoms with van der Waals surface area (Å²) in [6.07, 6.45) is -4.06. The van der Waals surface area contributed by atoms with Gasteiger partial charge in [0.2, 0.25) is 0 Å². The predicted octanol–water partition coefficient (Wildman–Crippen LogP) is 3.27. The highest BCUT2D eigenvalue weighted by Gasteiger charge is 2.57. The quantitative estimate of drug-likeness (QED) is 0.173. The Morgan fingerprint density at radius 1 is 0.607 bits per heavy atom. The number of benzene rings is 5. The summed E-state index contributed by atoms with van der Waals surface area (Å²) >= 11 is 0. The molecule has 3 saturated heterocycles. The second-order valence-corrected chi connectivity index (χ2v) is 15.0. The van der Waals surface area contributed by atoms with Crippen LogP contribution in [0.5, 0.6) is 0 Å². The highest BCUT2D eigenvalue weighted by molar-refractivity contribution is 6.62. The Morgan fingerprint density at radius 3 is 1.59 bits per heavy atom. The molecular formula is C42H42B2N2O10. The minimum absolute atomic E-state index is 0.0428. The summed E-state index contributed by atoms with van der Waals surface area (Å²) in [5.74, 6) is -1.77. The normalized spacial score (nSPS) is 24.3. The van der Waals surface area contributed by atoms with Gasteiger partial charge < -0.3 is 38.7 Å². The van der Waals surface area contributed by atoms with Crippen molar-refractivity contribution in [3.05, 3.63) is 119 Å². The van der Waals surface area contributed by atoms with E-state index in [1.54, 1.807) is 0 Å². The van der Waals surface area contributed by atoms with Crippen LogP contribution in [-0.2, 0) is 59.1 Å². The molecule has 3 N–H and O–H groups in total. The maximum absolute atomic E-state index is 12.0. The van der Waals surface area contributed by atoms with Gasteiger partial charge in [-0.3, -0.25) is 19.4 Å². The van der Waals surface area contributed by atoms with Crippen LogP contribution in [0.4, 0.5) is 0 Å². The second-order valence-electron chi connectivity index (χ2n) is 15.0. The topological polar surface area (TPSA) is 147 Å². The van der Waals surface area contributed by atoms with Crippen LogP contribution in [0.1, 0.15) is 35.1 Å². The largest absolute Gasteiger partial charge is 0.496 e. The van der Waals surface area contributed by atoms with Gasteiger partial charge in [-0.1, -0.05) is 97.1 Å². The third-order valence-electron chi connectivity index (χ3n) is 11.5. The molecule has 286 valence electrons. The Hall–Kier alpha value is -4.63. The summed E-state index contributed by atoms with van der Waals surface area (Å²) in [6.45, 7) is 2.56. The molecule has 0 aliphatic carbocycles. The summed E-state index contributed by atoms with van der Waals surface area (Å²) in [6, 6.07) is 32.2. The van der Waals surface area contributed by atoms with Crippen molar-refractivity contribution in [3.8, 4) is 0 Å². The van der Waals surface area contributed by atoms with Crippen molar-refractivity contribution in [2.75, 3.05) is 19.7 Å². The van der Waals surface area contributed by atoms with Gasteiger partial charge in [0.15, 0.2) is 6.29 Å². The van der Waals surface area contributed by atoms with E-state index in [4.69, 9.17) is 23.4 Å². The average Bonchev–Trinajstić information content (AvgIpc) is 3.93. The van der Waals surface area contributed by atoms with E-state index in [0.29, 0.717) is 39.3 Å². The zero-order valence-corrected chi connectivity index (χ0v) is 30.7. The molecule has 7 aliphatic rings. The Bertz CT molecular complexity index is 2220. The number of carbonyl (C=O) groups is 2. The molecule has 7 aliphatic heterocycles. The van der Waals surface area contributed by atoms with Crippen LogP contribution in [-0.4, -0.2) is 102 Å². The van der Waals surface area contributed by atoms with Gasteiger partial charge in [-0.05, 0) is 54.7 Å². The number of carboxylic acids is 2. The van der Waals surface area contributed by atoms with Crippen molar-refractivity contribution in [2.45, 2.75) is 69.7 Å². The van der Waals surface area contributed by atoms with Crippen LogP contribution in [0, 0.1) is 0 Å². The van der Waals surface area contributed by atoms with Crippen LogP contribution >= 0.6 is 0 Å². The maximum Gasteiger partial charge on any atom is 0.496 e. The Kier molecular flexibility index (Phi) is 10.4. The number of ether oxygens (including phenoxy) is 1. The minimum Gasteiger partial charge on any atom is -0.481 e. The molecule has 56 heavy (non-hydrogen) atoms. The molecule has 0 saturated carbocycles. The molecule has 5 atom stereocenters. The van der Waals surface area contributed by atoms with Crippen LogP contribution in [0.2, 0.25) is 0 Å². The van der Waals surface area contributed by atoms with Gasteiger partial charge in [-0.15, -0.1) is 0 Å². The second kappa shape index (κ2) is 15.7. The lowest BCUT2D eigenvalue weighted by atomic mass is 9.76. The summed E-state index contributed by atoms with van der Waals surface area (Å²) in [5.41, 5.74) is 5.59. The van der Waals surface area contributed by atoms with E-state index in [-0.39, 0.29) is 19.4 Å². The van der Waals surface area contributed by atoms with Crippen molar-refractivity contribution in [1.29, 1.82) is 0 Å². The first-order chi connectivity index (χ1) is 27.3. The number of hydrogen-bond donors (Lipinski definition) is 3. The smallest absolute Gasteiger partial charge is 0.481 e. The van der Waals surface area contributed by atoms with E-state index in [0.717, 1.165) is 54.7 Å². The van der Waals surface area contributed by atoms with E-state index in [1.165, 1.54) is 0 Å². The fraction of sp³-hybridized carbons (Fsp3) is 0.333. The van der Waals surface area contributed by atoms with Gasteiger partial charge in [-0.25, -0.2) is 0 Å². The lowest BCUT2D eigenvalue weighted by Crippen LogP contribution is -2.45. The van der Waals surface area contributed by atoms with Gasteiger partial charge in [0.1, 0.15) is 18.3 Å². The molecule has 3 fully saturated rings. The van der Waals surface area contributed by atoms with Gasteiger partial charge in [0.05, 0.1) is 25.6 Å². The molecule has 5 aromatic carbocycles. The Labute approximate surface area is 324 Å². The molecule has 7 heterocycles. The first-order valence-corrected chi connectivity index (χ1v) is 19.2. The van der Waals surface area contributed by atoms with Crippen LogP contribution in [0.25, 0.3) is 21.5 Å². The summed E-state index contributed by atoms with van der Waals surface area (Å²) in [5, 5.41) is 35.4. The Balaban J connectivity index is 1.18. The third kappa shape index (κ3) is 7.23. The highest BCUT2D eigenvalue weighted by atomic mass is 16.8. The number of hydrogen-bond acceptors (Lipinski definition) is 10. The lowest BCUT2D eigenvalue weighted by molar-refractivity contribution is -0.138. The maximum atomic E-state index is 12.0. The monoisotopic (exact) mass is 756 g/mol. The zero-order chi connectivity index (χ0) is 38.3. The fourth-order valence-corrected chi connectivity index (χ4v) is 8.75. The molecule has 1 unspecified atom stereocenters. The van der Waals surface area contributed by atoms with Gasteiger partial charge >= 0.3 is 26.2 Å². The van der Waals surface area contributed by atoms with Gasteiger partial charge in [0, 0.05) is 39.3 Å². The lowest BCUT2D eigenvalue weighted by Gasteiger charge is -2.28. The standard InChI is InChI=1S/C42H42B2N2O10/c47-37(48)17-19-45-21-26-9-1-7-15-34(26)43-52-25-36(54-43)40-39(51)41-42(53-40)56-44(55-41)35-16-8-2-10-27(35)22-46(20-18-38(49)50)24-33-30-13-5-3-11-28(30)32(23-45)29-12-4-6-14-31(29)33/h1-16,36,39-42,51H,17-25H2,(H,47,48)(H,49,50)/t36-,39?,40-,41-,42-/m1/s1. The average molecular weight is 756 g/mol. The summed E-state index contributed by atoms with van der Waals surface area (Å²) < 4.78 is 31.7. The van der Waals surface area contributed by atoms with E-state index in [9.17, 15) is 24.9 Å². The first-order valence-electron chi connectivity index (χ1n) is 19.2. The van der Waals surface area contributed by atoms with Crippen LogP contribution in [0.15, 0.2) is 97.1 Å². The summed E-state index contributed by atoms with van der Waals surface area (Å²) in [7, 11) is -1.53. The zero-order valence-electron chi connectivity index (χ0n) is 30.7. The van der Waals surface area contributed by atoms with Crippen LogP contribution < -0.4 is 10.9 Å². The van der Waals surface area contributed by atoms with Crippen molar-refractivity contribution < 1.29 is 48.3 Å². The van der Waals surface area contributed by atoms with Crippen molar-refractivity contribution in [2.24, 2.45) is 0 Å². The molecule has 14 heteroatoms. The number of rotatable bonds is 6. The predicted molar refractivity (Wildman–Crippen MR) is 209 cm³/mol. The first kappa shape index (κ1) is 37.0. The number of nitrogens with zero attached hydrogens (tertiary/aromatic N) is 2. The number of aliphatic hydroxyl groups is 1.